The van der Waals surface area contributed by atoms with Crippen LogP contribution < -0.4 is 18.9 Å². The lowest BCUT2D eigenvalue weighted by molar-refractivity contribution is -0.128. The van der Waals surface area contributed by atoms with Crippen molar-refractivity contribution < 1.29 is 23.7 Å². The van der Waals surface area contributed by atoms with Crippen LogP contribution in [-0.2, 0) is 4.79 Å². The zero-order chi connectivity index (χ0) is 21.0. The van der Waals surface area contributed by atoms with E-state index in [0.717, 1.165) is 28.7 Å². The SMILES string of the molecule is COc1cc2c(cc1OC)-c1cc(OC)c(OC)cc1C1CN3C(=O)CCC3C=C21. The number of nitrogens with zero attached hydrogens (tertiary/aromatic N) is 1. The second-order valence-electron chi connectivity index (χ2n) is 7.87. The van der Waals surface area contributed by atoms with Crippen LogP contribution in [0.5, 0.6) is 23.0 Å². The Kier molecular flexibility index (Phi) is 4.38. The Bertz CT molecular complexity index is 1070. The minimum atomic E-state index is 0.0729. The highest BCUT2D eigenvalue weighted by atomic mass is 16.5. The fraction of sp³-hybridized carbons (Fsp3) is 0.375. The van der Waals surface area contributed by atoms with Gasteiger partial charge in [-0.2, -0.15) is 0 Å². The molecule has 2 aromatic rings. The number of carbonyl (C=O) groups excluding carboxylic acids is 1. The minimum Gasteiger partial charge on any atom is -0.493 e. The van der Waals surface area contributed by atoms with Crippen LogP contribution in [0.3, 0.4) is 0 Å². The zero-order valence-electron chi connectivity index (χ0n) is 17.7. The highest BCUT2D eigenvalue weighted by molar-refractivity contribution is 5.95. The molecule has 156 valence electrons. The van der Waals surface area contributed by atoms with E-state index in [1.165, 1.54) is 5.57 Å². The second kappa shape index (κ2) is 6.97. The van der Waals surface area contributed by atoms with E-state index in [9.17, 15) is 4.79 Å². The van der Waals surface area contributed by atoms with Gasteiger partial charge in [0.25, 0.3) is 0 Å². The van der Waals surface area contributed by atoms with E-state index < -0.39 is 0 Å². The molecule has 3 aliphatic rings. The van der Waals surface area contributed by atoms with Crippen molar-refractivity contribution in [3.05, 3.63) is 41.5 Å². The van der Waals surface area contributed by atoms with Crippen LogP contribution >= 0.6 is 0 Å². The number of benzene rings is 2. The van der Waals surface area contributed by atoms with Crippen molar-refractivity contribution in [1.82, 2.24) is 4.90 Å². The summed E-state index contributed by atoms with van der Waals surface area (Å²) >= 11 is 0. The molecule has 0 saturated carbocycles. The Morgan fingerprint density at radius 3 is 2.00 bits per heavy atom. The van der Waals surface area contributed by atoms with Gasteiger partial charge < -0.3 is 23.8 Å². The Labute approximate surface area is 176 Å². The maximum atomic E-state index is 12.5. The number of amides is 1. The lowest BCUT2D eigenvalue weighted by Crippen LogP contribution is -2.40. The zero-order valence-corrected chi connectivity index (χ0v) is 17.7. The van der Waals surface area contributed by atoms with Crippen LogP contribution in [0.2, 0.25) is 0 Å². The van der Waals surface area contributed by atoms with Gasteiger partial charge in [0.1, 0.15) is 0 Å². The van der Waals surface area contributed by atoms with Gasteiger partial charge in [0.05, 0.1) is 34.5 Å². The van der Waals surface area contributed by atoms with Gasteiger partial charge in [0.15, 0.2) is 23.0 Å². The van der Waals surface area contributed by atoms with Crippen LogP contribution in [-0.4, -0.2) is 51.8 Å². The molecule has 0 N–H and O–H groups in total. The van der Waals surface area contributed by atoms with Gasteiger partial charge in [-0.1, -0.05) is 6.08 Å². The van der Waals surface area contributed by atoms with Gasteiger partial charge >= 0.3 is 0 Å². The monoisotopic (exact) mass is 407 g/mol. The normalized spacial score (nSPS) is 21.1. The maximum absolute atomic E-state index is 12.5. The van der Waals surface area contributed by atoms with Gasteiger partial charge in [-0.3, -0.25) is 4.79 Å². The summed E-state index contributed by atoms with van der Waals surface area (Å²) in [5.74, 6) is 3.05. The van der Waals surface area contributed by atoms with Gasteiger partial charge in [0, 0.05) is 18.9 Å². The largest absolute Gasteiger partial charge is 0.493 e. The predicted octanol–water partition coefficient (Wildman–Crippen LogP) is 3.87. The Morgan fingerprint density at radius 1 is 0.800 bits per heavy atom. The highest BCUT2D eigenvalue weighted by Crippen LogP contribution is 2.54. The molecule has 5 rings (SSSR count). The third-order valence-corrected chi connectivity index (χ3v) is 6.56. The third-order valence-electron chi connectivity index (χ3n) is 6.56. The Balaban J connectivity index is 1.80. The highest BCUT2D eigenvalue weighted by Gasteiger charge is 2.41. The molecule has 2 heterocycles. The molecule has 2 aliphatic heterocycles. The molecule has 6 nitrogen and oxygen atoms in total. The molecule has 2 unspecified atom stereocenters. The average molecular weight is 407 g/mol. The first-order valence-corrected chi connectivity index (χ1v) is 10.1. The molecule has 2 aromatic carbocycles. The van der Waals surface area contributed by atoms with Crippen LogP contribution in [0.15, 0.2) is 30.3 Å². The molecule has 2 atom stereocenters. The van der Waals surface area contributed by atoms with Crippen LogP contribution in [0, 0.1) is 0 Å². The molecule has 6 heteroatoms. The molecule has 30 heavy (non-hydrogen) atoms. The summed E-state index contributed by atoms with van der Waals surface area (Å²) in [5, 5.41) is 0. The van der Waals surface area contributed by atoms with Crippen molar-refractivity contribution in [3.63, 3.8) is 0 Å². The standard InChI is InChI=1S/C24H25NO5/c1-27-20-8-15-14-7-13-5-6-24(26)25(13)12-19(14)18-11-23(30-4)22(29-3)10-17(18)16(15)9-21(20)28-2/h7-11,13,19H,5-6,12H2,1-4H3. The van der Waals surface area contributed by atoms with Crippen molar-refractivity contribution in [2.75, 3.05) is 35.0 Å². The van der Waals surface area contributed by atoms with E-state index in [2.05, 4.69) is 12.1 Å². The molecule has 1 fully saturated rings. The van der Waals surface area contributed by atoms with Crippen LogP contribution in [0.1, 0.15) is 29.9 Å². The van der Waals surface area contributed by atoms with Gasteiger partial charge in [-0.05, 0) is 58.5 Å². The summed E-state index contributed by atoms with van der Waals surface area (Å²) in [6.07, 6.45) is 3.75. The van der Waals surface area contributed by atoms with E-state index >= 15 is 0 Å². The number of rotatable bonds is 4. The summed E-state index contributed by atoms with van der Waals surface area (Å²) in [7, 11) is 6.58. The lowest BCUT2D eigenvalue weighted by atomic mass is 9.72. The molecular formula is C24H25NO5. The molecule has 1 aliphatic carbocycles. The number of carbonyl (C=O) groups is 1. The number of ether oxygens (including phenoxy) is 4. The number of hydrogen-bond acceptors (Lipinski definition) is 5. The Morgan fingerprint density at radius 2 is 1.37 bits per heavy atom. The molecule has 0 bridgehead atoms. The fourth-order valence-electron chi connectivity index (χ4n) is 5.09. The Hall–Kier alpha value is -3.15. The molecule has 0 spiro atoms. The van der Waals surface area contributed by atoms with Crippen LogP contribution in [0.4, 0.5) is 0 Å². The number of methoxy groups -OCH3 is 4. The van der Waals surface area contributed by atoms with E-state index in [1.54, 1.807) is 28.4 Å². The molecule has 1 saturated heterocycles. The first-order valence-electron chi connectivity index (χ1n) is 10.1. The number of hydrogen-bond donors (Lipinski definition) is 0. The van der Waals surface area contributed by atoms with Gasteiger partial charge in [-0.15, -0.1) is 0 Å². The summed E-state index contributed by atoms with van der Waals surface area (Å²) in [6, 6.07) is 8.31. The van der Waals surface area contributed by atoms with Crippen molar-refractivity contribution in [3.8, 4) is 34.1 Å². The smallest absolute Gasteiger partial charge is 0.223 e. The molecule has 0 radical (unpaired) electrons. The van der Waals surface area contributed by atoms with Gasteiger partial charge in [-0.25, -0.2) is 0 Å². The summed E-state index contributed by atoms with van der Waals surface area (Å²) < 4.78 is 22.3. The maximum Gasteiger partial charge on any atom is 0.223 e. The second-order valence-corrected chi connectivity index (χ2v) is 7.87. The summed E-state index contributed by atoms with van der Waals surface area (Å²) in [5.41, 5.74) is 5.63. The fourth-order valence-corrected chi connectivity index (χ4v) is 5.09. The lowest BCUT2D eigenvalue weighted by Gasteiger charge is -2.40. The average Bonchev–Trinajstić information content (AvgIpc) is 3.15. The topological polar surface area (TPSA) is 57.2 Å². The van der Waals surface area contributed by atoms with Crippen LogP contribution in [0.25, 0.3) is 16.7 Å². The molecule has 1 amide bonds. The van der Waals surface area contributed by atoms with Gasteiger partial charge in [0.2, 0.25) is 5.91 Å². The first kappa shape index (κ1) is 18.9. The van der Waals surface area contributed by atoms with E-state index in [4.69, 9.17) is 18.9 Å². The minimum absolute atomic E-state index is 0.0729. The quantitative estimate of drug-likeness (QED) is 0.770. The number of fused-ring (bicyclic) bond motifs is 7. The predicted molar refractivity (Wildman–Crippen MR) is 114 cm³/mol. The van der Waals surface area contributed by atoms with Crippen molar-refractivity contribution in [2.45, 2.75) is 24.8 Å². The van der Waals surface area contributed by atoms with E-state index in [0.29, 0.717) is 36.0 Å². The van der Waals surface area contributed by atoms with E-state index in [-0.39, 0.29) is 17.9 Å². The molecular weight excluding hydrogens is 382 g/mol. The summed E-state index contributed by atoms with van der Waals surface area (Å²) in [4.78, 5) is 14.5. The molecule has 0 aromatic heterocycles. The van der Waals surface area contributed by atoms with Crippen molar-refractivity contribution in [2.24, 2.45) is 0 Å². The van der Waals surface area contributed by atoms with Crippen molar-refractivity contribution >= 4 is 11.5 Å². The summed E-state index contributed by atoms with van der Waals surface area (Å²) in [6.45, 7) is 0.672. The third kappa shape index (κ3) is 2.59. The van der Waals surface area contributed by atoms with E-state index in [1.807, 2.05) is 23.1 Å². The first-order chi connectivity index (χ1) is 14.6. The van der Waals surface area contributed by atoms with Crippen molar-refractivity contribution in [1.29, 1.82) is 0 Å².